The molecule has 2 aromatic rings. The van der Waals surface area contributed by atoms with Gasteiger partial charge >= 0.3 is 0 Å². The van der Waals surface area contributed by atoms with Crippen LogP contribution in [0.2, 0.25) is 0 Å². The third kappa shape index (κ3) is 2.84. The number of carbonyl (C=O) groups is 1. The maximum Gasteiger partial charge on any atom is 0.280 e. The van der Waals surface area contributed by atoms with Crippen LogP contribution < -0.4 is 0 Å². The molecule has 1 aromatic heterocycles. The second-order valence-corrected chi connectivity index (χ2v) is 7.15. The number of hydrazine groups is 1. The molecule has 0 aliphatic carbocycles. The number of hydrogen-bond donors (Lipinski definition) is 0. The summed E-state index contributed by atoms with van der Waals surface area (Å²) in [6.45, 7) is 2.59. The normalized spacial score (nSPS) is 21.2. The lowest BCUT2D eigenvalue weighted by atomic mass is 10.1. The van der Waals surface area contributed by atoms with Gasteiger partial charge in [0.25, 0.3) is 5.91 Å². The highest BCUT2D eigenvalue weighted by atomic mass is 32.2. The third-order valence-electron chi connectivity index (χ3n) is 4.01. The number of amides is 1. The number of ether oxygens (including phenoxy) is 1. The van der Waals surface area contributed by atoms with E-state index in [0.29, 0.717) is 35.5 Å². The highest BCUT2D eigenvalue weighted by Crippen LogP contribution is 2.34. The van der Waals surface area contributed by atoms with Crippen LogP contribution in [0.5, 0.6) is 0 Å². The van der Waals surface area contributed by atoms with E-state index in [4.69, 9.17) is 17.0 Å². The van der Waals surface area contributed by atoms with Gasteiger partial charge in [-0.25, -0.2) is 10.0 Å². The minimum absolute atomic E-state index is 0.0622. The fourth-order valence-electron chi connectivity index (χ4n) is 2.84. The lowest BCUT2D eigenvalue weighted by molar-refractivity contribution is -0.138. The van der Waals surface area contributed by atoms with Gasteiger partial charge in [0.05, 0.1) is 23.6 Å². The molecule has 4 rings (SSSR count). The van der Waals surface area contributed by atoms with Crippen LogP contribution in [-0.2, 0) is 9.53 Å². The van der Waals surface area contributed by atoms with E-state index < -0.39 is 0 Å². The summed E-state index contributed by atoms with van der Waals surface area (Å²) in [5, 5.41) is 4.60. The van der Waals surface area contributed by atoms with Gasteiger partial charge in [-0.15, -0.1) is 0 Å². The number of hydrogen-bond acceptors (Lipinski definition) is 6. The lowest BCUT2D eigenvalue weighted by Crippen LogP contribution is -2.50. The van der Waals surface area contributed by atoms with Crippen molar-refractivity contribution in [2.45, 2.75) is 0 Å². The third-order valence-corrected chi connectivity index (χ3v) is 5.30. The molecule has 0 unspecified atom stereocenters. The van der Waals surface area contributed by atoms with Crippen LogP contribution in [0.15, 0.2) is 41.4 Å². The summed E-state index contributed by atoms with van der Waals surface area (Å²) in [5.74, 6) is -0.0622. The molecule has 0 saturated carbocycles. The van der Waals surface area contributed by atoms with Crippen molar-refractivity contribution in [1.82, 2.24) is 15.0 Å². The minimum atomic E-state index is -0.0622. The Labute approximate surface area is 149 Å². The van der Waals surface area contributed by atoms with Crippen LogP contribution in [0.1, 0.15) is 5.56 Å². The summed E-state index contributed by atoms with van der Waals surface area (Å²) >= 11 is 6.76. The summed E-state index contributed by atoms with van der Waals surface area (Å²) in [6, 6.07) is 9.82. The van der Waals surface area contributed by atoms with Crippen LogP contribution in [0, 0.1) is 0 Å². The zero-order valence-electron chi connectivity index (χ0n) is 12.8. The second kappa shape index (κ2) is 6.60. The number of rotatable bonds is 2. The first-order valence-electron chi connectivity index (χ1n) is 7.68. The molecule has 2 saturated heterocycles. The first-order chi connectivity index (χ1) is 11.7. The molecule has 24 heavy (non-hydrogen) atoms. The molecular weight excluding hydrogens is 342 g/mol. The van der Waals surface area contributed by atoms with Crippen molar-refractivity contribution in [1.29, 1.82) is 0 Å². The van der Waals surface area contributed by atoms with Crippen LogP contribution in [0.3, 0.4) is 0 Å². The number of nitrogens with zero attached hydrogens (tertiary/aromatic N) is 3. The van der Waals surface area contributed by atoms with Crippen LogP contribution in [0.25, 0.3) is 17.0 Å². The van der Waals surface area contributed by atoms with E-state index in [-0.39, 0.29) is 5.91 Å². The van der Waals surface area contributed by atoms with E-state index in [0.717, 1.165) is 16.5 Å². The van der Waals surface area contributed by atoms with Crippen LogP contribution in [-0.4, -0.2) is 51.5 Å². The Morgan fingerprint density at radius 3 is 2.83 bits per heavy atom. The van der Waals surface area contributed by atoms with Crippen molar-refractivity contribution < 1.29 is 9.53 Å². The predicted molar refractivity (Wildman–Crippen MR) is 99.1 cm³/mol. The average Bonchev–Trinajstić information content (AvgIpc) is 2.90. The van der Waals surface area contributed by atoms with E-state index in [1.54, 1.807) is 11.2 Å². The molecule has 3 heterocycles. The number of para-hydroxylation sites is 1. The molecule has 2 aliphatic rings. The smallest absolute Gasteiger partial charge is 0.280 e. The zero-order valence-corrected chi connectivity index (χ0v) is 14.5. The number of thioether (sulfide) groups is 1. The van der Waals surface area contributed by atoms with E-state index in [2.05, 4.69) is 4.98 Å². The first-order valence-corrected chi connectivity index (χ1v) is 8.91. The predicted octanol–water partition coefficient (Wildman–Crippen LogP) is 2.68. The Hall–Kier alpha value is -1.80. The Balaban J connectivity index is 1.67. The quantitative estimate of drug-likeness (QED) is 0.608. The van der Waals surface area contributed by atoms with Crippen molar-refractivity contribution in [2.75, 3.05) is 26.3 Å². The van der Waals surface area contributed by atoms with Gasteiger partial charge in [-0.3, -0.25) is 9.78 Å². The maximum atomic E-state index is 12.8. The molecule has 1 aromatic carbocycles. The lowest BCUT2D eigenvalue weighted by Gasteiger charge is -2.33. The van der Waals surface area contributed by atoms with E-state index in [1.807, 2.05) is 41.4 Å². The summed E-state index contributed by atoms with van der Waals surface area (Å²) in [7, 11) is 0. The van der Waals surface area contributed by atoms with Crippen molar-refractivity contribution in [2.24, 2.45) is 0 Å². The largest absolute Gasteiger partial charge is 0.379 e. The fourth-order valence-corrected chi connectivity index (χ4v) is 4.14. The summed E-state index contributed by atoms with van der Waals surface area (Å²) in [6.07, 6.45) is 3.67. The first kappa shape index (κ1) is 15.7. The van der Waals surface area contributed by atoms with Gasteiger partial charge in [-0.2, -0.15) is 0 Å². The number of carbonyl (C=O) groups excluding carboxylic acids is 1. The minimum Gasteiger partial charge on any atom is -0.379 e. The van der Waals surface area contributed by atoms with Gasteiger partial charge in [0.2, 0.25) is 0 Å². The van der Waals surface area contributed by atoms with Crippen molar-refractivity contribution in [3.8, 4) is 0 Å². The molecule has 0 radical (unpaired) electrons. The van der Waals surface area contributed by atoms with Gasteiger partial charge in [-0.05, 0) is 23.8 Å². The maximum absolute atomic E-state index is 12.8. The molecule has 2 aliphatic heterocycles. The second-order valence-electron chi connectivity index (χ2n) is 5.48. The standard InChI is InChI=1S/C17H15N3O2S2/c21-16-15(24-17(23)20(16)19-7-9-22-10-8-19)11-12-5-6-18-14-4-2-1-3-13(12)14/h1-6,11H,7-10H2/b15-11-. The molecule has 2 fully saturated rings. The molecule has 0 atom stereocenters. The average molecular weight is 357 g/mol. The van der Waals surface area contributed by atoms with Gasteiger partial charge in [0.1, 0.15) is 0 Å². The van der Waals surface area contributed by atoms with E-state index in [9.17, 15) is 4.79 Å². The van der Waals surface area contributed by atoms with Gasteiger partial charge in [-0.1, -0.05) is 42.2 Å². The monoisotopic (exact) mass is 357 g/mol. The van der Waals surface area contributed by atoms with E-state index in [1.165, 1.54) is 11.8 Å². The number of fused-ring (bicyclic) bond motifs is 1. The molecule has 7 heteroatoms. The Bertz CT molecular complexity index is 841. The van der Waals surface area contributed by atoms with Crippen LogP contribution in [0.4, 0.5) is 0 Å². The Morgan fingerprint density at radius 1 is 1.21 bits per heavy atom. The fraction of sp³-hybridized carbons (Fsp3) is 0.235. The van der Waals surface area contributed by atoms with E-state index >= 15 is 0 Å². The van der Waals surface area contributed by atoms with Crippen LogP contribution >= 0.6 is 24.0 Å². The number of morpholine rings is 1. The highest BCUT2D eigenvalue weighted by Gasteiger charge is 2.36. The summed E-state index contributed by atoms with van der Waals surface area (Å²) in [5.41, 5.74) is 1.89. The molecule has 122 valence electrons. The van der Waals surface area contributed by atoms with Gasteiger partial charge < -0.3 is 4.74 Å². The molecule has 0 bridgehead atoms. The molecule has 1 amide bonds. The van der Waals surface area contributed by atoms with Crippen molar-refractivity contribution in [3.05, 3.63) is 47.0 Å². The summed E-state index contributed by atoms with van der Waals surface area (Å²) < 4.78 is 5.92. The Kier molecular flexibility index (Phi) is 4.32. The number of benzene rings is 1. The van der Waals surface area contributed by atoms with Crippen molar-refractivity contribution >= 4 is 51.2 Å². The Morgan fingerprint density at radius 2 is 2.00 bits per heavy atom. The molecule has 0 spiro atoms. The summed E-state index contributed by atoms with van der Waals surface area (Å²) in [4.78, 5) is 17.8. The number of pyridine rings is 1. The highest BCUT2D eigenvalue weighted by molar-refractivity contribution is 8.26. The van der Waals surface area contributed by atoms with Gasteiger partial charge in [0, 0.05) is 24.7 Å². The van der Waals surface area contributed by atoms with Crippen molar-refractivity contribution in [3.63, 3.8) is 0 Å². The molecule has 0 N–H and O–H groups in total. The molecule has 5 nitrogen and oxygen atoms in total. The number of aromatic nitrogens is 1. The topological polar surface area (TPSA) is 45.7 Å². The zero-order chi connectivity index (χ0) is 16.5. The SMILES string of the molecule is O=C1/C(=C/c2ccnc3ccccc23)SC(=S)N1N1CCOCC1. The number of thiocarbonyl (C=S) groups is 1. The van der Waals surface area contributed by atoms with Gasteiger partial charge in [0.15, 0.2) is 4.32 Å². The molecular formula is C17H15N3O2S2.